The van der Waals surface area contributed by atoms with Crippen molar-refractivity contribution in [3.8, 4) is 11.6 Å². The Kier molecular flexibility index (Phi) is 6.44. The molecule has 1 aromatic carbocycles. The number of amides is 2. The number of aromatic nitrogens is 5. The van der Waals surface area contributed by atoms with Crippen molar-refractivity contribution in [1.82, 2.24) is 24.5 Å². The van der Waals surface area contributed by atoms with Crippen LogP contribution in [-0.2, 0) is 17.8 Å². The highest BCUT2D eigenvalue weighted by Crippen LogP contribution is 2.17. The zero-order valence-electron chi connectivity index (χ0n) is 18.2. The van der Waals surface area contributed by atoms with Crippen molar-refractivity contribution in [1.29, 1.82) is 0 Å². The van der Waals surface area contributed by atoms with E-state index in [-0.39, 0.29) is 18.4 Å². The number of rotatable bonds is 8. The second-order valence-corrected chi connectivity index (χ2v) is 7.12. The number of pyridine rings is 1. The van der Waals surface area contributed by atoms with Crippen LogP contribution in [0.3, 0.4) is 0 Å². The van der Waals surface area contributed by atoms with Crippen molar-refractivity contribution in [2.24, 2.45) is 0 Å². The molecule has 168 valence electrons. The van der Waals surface area contributed by atoms with Gasteiger partial charge in [-0.2, -0.15) is 10.2 Å². The average Bonchev–Trinajstić information content (AvgIpc) is 3.46. The fourth-order valence-corrected chi connectivity index (χ4v) is 3.32. The molecule has 3 heterocycles. The maximum atomic E-state index is 12.9. The van der Waals surface area contributed by atoms with E-state index in [0.29, 0.717) is 34.9 Å². The van der Waals surface area contributed by atoms with E-state index < -0.39 is 0 Å². The van der Waals surface area contributed by atoms with Crippen molar-refractivity contribution in [3.05, 3.63) is 78.5 Å². The van der Waals surface area contributed by atoms with E-state index in [1.54, 1.807) is 48.5 Å². The first kappa shape index (κ1) is 21.8. The molecule has 33 heavy (non-hydrogen) atoms. The molecular weight excluding hydrogens is 422 g/mol. The molecule has 3 aromatic heterocycles. The zero-order chi connectivity index (χ0) is 23.2. The number of nitrogens with one attached hydrogen (secondary N) is 2. The van der Waals surface area contributed by atoms with Crippen molar-refractivity contribution in [2.45, 2.75) is 19.9 Å². The van der Waals surface area contributed by atoms with Crippen LogP contribution in [0.15, 0.2) is 67.3 Å². The molecule has 4 aromatic rings. The Morgan fingerprint density at radius 2 is 1.82 bits per heavy atom. The fraction of sp³-hybridized carbons (Fsp3) is 0.174. The normalized spacial score (nSPS) is 10.6. The molecule has 0 atom stereocenters. The Morgan fingerprint density at radius 3 is 2.52 bits per heavy atom. The van der Waals surface area contributed by atoms with Crippen molar-refractivity contribution < 1.29 is 14.3 Å². The second-order valence-electron chi connectivity index (χ2n) is 7.12. The van der Waals surface area contributed by atoms with Crippen LogP contribution in [0.2, 0.25) is 0 Å². The first-order valence-electron chi connectivity index (χ1n) is 10.3. The summed E-state index contributed by atoms with van der Waals surface area (Å²) in [6.45, 7) is 1.95. The Balaban J connectivity index is 1.39. The smallest absolute Gasteiger partial charge is 0.259 e. The lowest BCUT2D eigenvalue weighted by atomic mass is 10.2. The van der Waals surface area contributed by atoms with Gasteiger partial charge in [0.1, 0.15) is 12.3 Å². The van der Waals surface area contributed by atoms with Crippen LogP contribution in [0.5, 0.6) is 5.75 Å². The maximum Gasteiger partial charge on any atom is 0.259 e. The molecular formula is C23H23N7O3. The molecule has 2 N–H and O–H groups in total. The summed E-state index contributed by atoms with van der Waals surface area (Å²) in [6.07, 6.45) is 6.89. The van der Waals surface area contributed by atoms with Crippen LogP contribution in [0, 0.1) is 0 Å². The first-order valence-corrected chi connectivity index (χ1v) is 10.3. The van der Waals surface area contributed by atoms with Gasteiger partial charge in [-0.05, 0) is 42.8 Å². The van der Waals surface area contributed by atoms with Crippen LogP contribution in [0.25, 0.3) is 5.82 Å². The van der Waals surface area contributed by atoms with Crippen molar-refractivity contribution >= 4 is 23.2 Å². The first-order chi connectivity index (χ1) is 16.1. The maximum absolute atomic E-state index is 12.9. The molecule has 0 bridgehead atoms. The summed E-state index contributed by atoms with van der Waals surface area (Å²) in [5.74, 6) is 0.795. The monoisotopic (exact) mass is 445 g/mol. The van der Waals surface area contributed by atoms with Crippen LogP contribution in [0.4, 0.5) is 11.4 Å². The lowest BCUT2D eigenvalue weighted by Crippen LogP contribution is -2.19. The Labute approximate surface area is 190 Å². The molecule has 0 unspecified atom stereocenters. The molecule has 10 heteroatoms. The standard InChI is InChI=1S/C23H23N7O3/c1-3-20-19(13-26-30(20)21-6-4-5-11-24-21)23(32)28-17-12-25-29(14-17)15-22(31)27-16-7-9-18(33-2)10-8-16/h4-14H,3,15H2,1-2H3,(H,27,31)(H,28,32). The van der Waals surface area contributed by atoms with Gasteiger partial charge < -0.3 is 15.4 Å². The van der Waals surface area contributed by atoms with Gasteiger partial charge in [-0.1, -0.05) is 13.0 Å². The van der Waals surface area contributed by atoms with Crippen molar-refractivity contribution in [3.63, 3.8) is 0 Å². The third-order valence-electron chi connectivity index (χ3n) is 4.89. The average molecular weight is 445 g/mol. The number of methoxy groups -OCH3 is 1. The Morgan fingerprint density at radius 1 is 1.00 bits per heavy atom. The number of benzene rings is 1. The summed E-state index contributed by atoms with van der Waals surface area (Å²) >= 11 is 0. The number of ether oxygens (including phenoxy) is 1. The topological polar surface area (TPSA) is 116 Å². The van der Waals surface area contributed by atoms with E-state index in [0.717, 1.165) is 5.69 Å². The van der Waals surface area contributed by atoms with E-state index in [1.165, 1.54) is 17.1 Å². The number of hydrogen-bond acceptors (Lipinski definition) is 6. The quantitative estimate of drug-likeness (QED) is 0.431. The molecule has 2 amide bonds. The minimum absolute atomic E-state index is 0.000279. The summed E-state index contributed by atoms with van der Waals surface area (Å²) in [5, 5.41) is 14.1. The summed E-state index contributed by atoms with van der Waals surface area (Å²) in [4.78, 5) is 29.4. The minimum atomic E-state index is -0.309. The largest absolute Gasteiger partial charge is 0.497 e. The number of hydrogen-bond donors (Lipinski definition) is 2. The molecule has 0 spiro atoms. The van der Waals surface area contributed by atoms with Gasteiger partial charge in [-0.15, -0.1) is 0 Å². The fourth-order valence-electron chi connectivity index (χ4n) is 3.32. The molecule has 0 aliphatic heterocycles. The molecule has 10 nitrogen and oxygen atoms in total. The van der Waals surface area contributed by atoms with Crippen LogP contribution in [-0.4, -0.2) is 43.5 Å². The van der Waals surface area contributed by atoms with Gasteiger partial charge in [0.05, 0.1) is 36.4 Å². The van der Waals surface area contributed by atoms with Gasteiger partial charge in [0.15, 0.2) is 5.82 Å². The predicted octanol–water partition coefficient (Wildman–Crippen LogP) is 2.93. The second kappa shape index (κ2) is 9.77. The van der Waals surface area contributed by atoms with Crippen LogP contribution < -0.4 is 15.4 Å². The third kappa shape index (κ3) is 5.06. The lowest BCUT2D eigenvalue weighted by molar-refractivity contribution is -0.116. The van der Waals surface area contributed by atoms with E-state index in [4.69, 9.17) is 4.74 Å². The Bertz CT molecular complexity index is 1250. The van der Waals surface area contributed by atoms with E-state index in [1.807, 2.05) is 25.1 Å². The highest BCUT2D eigenvalue weighted by molar-refractivity contribution is 6.05. The summed E-state index contributed by atoms with van der Waals surface area (Å²) in [6, 6.07) is 12.5. The summed E-state index contributed by atoms with van der Waals surface area (Å²) in [5.41, 5.74) is 2.33. The lowest BCUT2D eigenvalue weighted by Gasteiger charge is -2.07. The predicted molar refractivity (Wildman–Crippen MR) is 123 cm³/mol. The summed E-state index contributed by atoms with van der Waals surface area (Å²) in [7, 11) is 1.58. The van der Waals surface area contributed by atoms with E-state index in [2.05, 4.69) is 25.8 Å². The van der Waals surface area contributed by atoms with Gasteiger partial charge >= 0.3 is 0 Å². The number of anilines is 2. The minimum Gasteiger partial charge on any atom is -0.497 e. The highest BCUT2D eigenvalue weighted by atomic mass is 16.5. The molecule has 0 radical (unpaired) electrons. The van der Waals surface area contributed by atoms with Gasteiger partial charge in [0.2, 0.25) is 5.91 Å². The molecule has 0 aliphatic carbocycles. The van der Waals surface area contributed by atoms with Crippen LogP contribution >= 0.6 is 0 Å². The van der Waals surface area contributed by atoms with Gasteiger partial charge in [0.25, 0.3) is 5.91 Å². The van der Waals surface area contributed by atoms with Gasteiger partial charge in [0, 0.05) is 18.1 Å². The summed E-state index contributed by atoms with van der Waals surface area (Å²) < 4.78 is 8.21. The van der Waals surface area contributed by atoms with E-state index in [9.17, 15) is 9.59 Å². The molecule has 0 saturated carbocycles. The molecule has 0 fully saturated rings. The van der Waals surface area contributed by atoms with Crippen LogP contribution in [0.1, 0.15) is 23.0 Å². The number of nitrogens with zero attached hydrogens (tertiary/aromatic N) is 5. The number of carbonyl (C=O) groups excluding carboxylic acids is 2. The number of carbonyl (C=O) groups is 2. The van der Waals surface area contributed by atoms with E-state index >= 15 is 0 Å². The SMILES string of the molecule is CCc1c(C(=O)Nc2cnn(CC(=O)Nc3ccc(OC)cc3)c2)cnn1-c1ccccn1. The van der Waals surface area contributed by atoms with Gasteiger partial charge in [-0.25, -0.2) is 9.67 Å². The molecule has 0 saturated heterocycles. The molecule has 4 rings (SSSR count). The molecule has 0 aliphatic rings. The van der Waals surface area contributed by atoms with Gasteiger partial charge in [-0.3, -0.25) is 14.3 Å². The third-order valence-corrected chi connectivity index (χ3v) is 4.89. The van der Waals surface area contributed by atoms with Crippen molar-refractivity contribution in [2.75, 3.05) is 17.7 Å². The zero-order valence-corrected chi connectivity index (χ0v) is 18.2. The highest BCUT2D eigenvalue weighted by Gasteiger charge is 2.18. The Hall–Kier alpha value is -4.47.